The highest BCUT2D eigenvalue weighted by molar-refractivity contribution is 5.82. The predicted octanol–water partition coefficient (Wildman–Crippen LogP) is 3.12. The van der Waals surface area contributed by atoms with E-state index in [1.807, 2.05) is 24.3 Å². The largest absolute Gasteiger partial charge is 0.490 e. The van der Waals surface area contributed by atoms with Gasteiger partial charge in [-0.05, 0) is 49.8 Å². The molecular formula is C15H18O3. The second-order valence-electron chi connectivity index (χ2n) is 5.44. The Labute approximate surface area is 107 Å². The fourth-order valence-corrected chi connectivity index (χ4v) is 2.69. The summed E-state index contributed by atoms with van der Waals surface area (Å²) in [6.07, 6.45) is 6.42. The number of benzene rings is 1. The number of hydrogen-bond acceptors (Lipinski definition) is 2. The molecule has 0 atom stereocenters. The van der Waals surface area contributed by atoms with Crippen LogP contribution in [0.4, 0.5) is 0 Å². The molecule has 0 saturated heterocycles. The summed E-state index contributed by atoms with van der Waals surface area (Å²) in [6.45, 7) is 0. The zero-order valence-electron chi connectivity index (χ0n) is 10.4. The van der Waals surface area contributed by atoms with E-state index in [4.69, 9.17) is 4.74 Å². The van der Waals surface area contributed by atoms with Crippen molar-refractivity contribution in [3.8, 4) is 5.75 Å². The second-order valence-corrected chi connectivity index (χ2v) is 5.44. The van der Waals surface area contributed by atoms with Gasteiger partial charge in [-0.1, -0.05) is 18.6 Å². The molecular weight excluding hydrogens is 228 g/mol. The lowest BCUT2D eigenvalue weighted by Gasteiger charge is -2.38. The van der Waals surface area contributed by atoms with Crippen molar-refractivity contribution in [1.82, 2.24) is 0 Å². The van der Waals surface area contributed by atoms with Crippen LogP contribution in [-0.4, -0.2) is 17.2 Å². The number of aliphatic carboxylic acids is 1. The average Bonchev–Trinajstić information content (AvgIpc) is 2.23. The quantitative estimate of drug-likeness (QED) is 0.887. The summed E-state index contributed by atoms with van der Waals surface area (Å²) >= 11 is 0. The molecule has 0 spiro atoms. The first-order valence-electron chi connectivity index (χ1n) is 6.71. The van der Waals surface area contributed by atoms with Crippen LogP contribution in [-0.2, 0) is 10.2 Å². The van der Waals surface area contributed by atoms with Gasteiger partial charge in [-0.25, -0.2) is 0 Å². The van der Waals surface area contributed by atoms with Crippen molar-refractivity contribution < 1.29 is 14.6 Å². The summed E-state index contributed by atoms with van der Waals surface area (Å²) in [4.78, 5) is 11.4. The van der Waals surface area contributed by atoms with Gasteiger partial charge in [0.15, 0.2) is 0 Å². The van der Waals surface area contributed by atoms with E-state index < -0.39 is 11.4 Å². The van der Waals surface area contributed by atoms with Gasteiger partial charge in [0.25, 0.3) is 0 Å². The monoisotopic (exact) mass is 246 g/mol. The number of carbonyl (C=O) groups is 1. The van der Waals surface area contributed by atoms with E-state index in [1.165, 1.54) is 6.42 Å². The fourth-order valence-electron chi connectivity index (χ4n) is 2.69. The maximum Gasteiger partial charge on any atom is 0.314 e. The van der Waals surface area contributed by atoms with Gasteiger partial charge in [-0.15, -0.1) is 0 Å². The van der Waals surface area contributed by atoms with Gasteiger partial charge in [-0.2, -0.15) is 0 Å². The third-order valence-corrected chi connectivity index (χ3v) is 4.38. The topological polar surface area (TPSA) is 46.5 Å². The summed E-state index contributed by atoms with van der Waals surface area (Å²) in [7, 11) is 0. The van der Waals surface area contributed by atoms with Gasteiger partial charge in [0.05, 0.1) is 11.5 Å². The molecule has 0 bridgehead atoms. The molecule has 0 amide bonds. The summed E-state index contributed by atoms with van der Waals surface area (Å²) in [5, 5.41) is 9.37. The van der Waals surface area contributed by atoms with Crippen LogP contribution < -0.4 is 4.74 Å². The first kappa shape index (κ1) is 11.6. The Morgan fingerprint density at radius 3 is 2.22 bits per heavy atom. The minimum Gasteiger partial charge on any atom is -0.490 e. The molecule has 0 aromatic heterocycles. The summed E-state index contributed by atoms with van der Waals surface area (Å²) in [5.74, 6) is 0.171. The summed E-state index contributed by atoms with van der Waals surface area (Å²) < 4.78 is 5.78. The van der Waals surface area contributed by atoms with Crippen molar-refractivity contribution in [2.75, 3.05) is 0 Å². The Morgan fingerprint density at radius 2 is 1.83 bits per heavy atom. The molecule has 2 aliphatic carbocycles. The Morgan fingerprint density at radius 1 is 1.17 bits per heavy atom. The van der Waals surface area contributed by atoms with Gasteiger partial charge < -0.3 is 9.84 Å². The van der Waals surface area contributed by atoms with Crippen LogP contribution in [0.25, 0.3) is 0 Å². The Hall–Kier alpha value is -1.51. The molecule has 0 aliphatic heterocycles. The lowest BCUT2D eigenvalue weighted by atomic mass is 9.64. The lowest BCUT2D eigenvalue weighted by molar-refractivity contribution is -0.147. The number of ether oxygens (including phenoxy) is 1. The van der Waals surface area contributed by atoms with Crippen LogP contribution in [0, 0.1) is 0 Å². The minimum absolute atomic E-state index is 0.369. The van der Waals surface area contributed by atoms with E-state index in [0.717, 1.165) is 43.4 Å². The van der Waals surface area contributed by atoms with E-state index in [9.17, 15) is 9.90 Å². The molecule has 3 rings (SSSR count). The van der Waals surface area contributed by atoms with Crippen LogP contribution in [0.3, 0.4) is 0 Å². The van der Waals surface area contributed by atoms with Crippen molar-refractivity contribution in [3.63, 3.8) is 0 Å². The molecule has 3 nitrogen and oxygen atoms in total. The average molecular weight is 246 g/mol. The zero-order valence-corrected chi connectivity index (χ0v) is 10.4. The summed E-state index contributed by atoms with van der Waals surface area (Å²) in [6, 6.07) is 7.66. The van der Waals surface area contributed by atoms with Crippen molar-refractivity contribution >= 4 is 5.97 Å². The molecule has 2 aliphatic rings. The van der Waals surface area contributed by atoms with Gasteiger partial charge in [0.2, 0.25) is 0 Å². The van der Waals surface area contributed by atoms with Crippen molar-refractivity contribution in [1.29, 1.82) is 0 Å². The van der Waals surface area contributed by atoms with Gasteiger partial charge in [0, 0.05) is 0 Å². The SMILES string of the molecule is O=C(O)C1(c2ccc(OC3CCC3)cc2)CCC1. The highest BCUT2D eigenvalue weighted by Crippen LogP contribution is 2.44. The molecule has 3 heteroatoms. The number of hydrogen-bond donors (Lipinski definition) is 1. The highest BCUT2D eigenvalue weighted by atomic mass is 16.5. The van der Waals surface area contributed by atoms with E-state index in [2.05, 4.69) is 0 Å². The standard InChI is InChI=1S/C15H18O3/c16-14(17)15(9-2-10-15)11-5-7-13(8-6-11)18-12-3-1-4-12/h5-8,12H,1-4,9-10H2,(H,16,17). The Bertz CT molecular complexity index is 441. The lowest BCUT2D eigenvalue weighted by Crippen LogP contribution is -2.42. The van der Waals surface area contributed by atoms with E-state index in [-0.39, 0.29) is 0 Å². The molecule has 0 heterocycles. The van der Waals surface area contributed by atoms with Crippen molar-refractivity contribution in [2.45, 2.75) is 50.0 Å². The minimum atomic E-state index is -0.693. The third-order valence-electron chi connectivity index (χ3n) is 4.38. The second kappa shape index (κ2) is 4.30. The smallest absolute Gasteiger partial charge is 0.314 e. The number of carboxylic acid groups (broad SMARTS) is 1. The van der Waals surface area contributed by atoms with E-state index in [0.29, 0.717) is 6.10 Å². The molecule has 2 fully saturated rings. The molecule has 0 radical (unpaired) electrons. The van der Waals surface area contributed by atoms with Gasteiger partial charge >= 0.3 is 5.97 Å². The van der Waals surface area contributed by atoms with E-state index >= 15 is 0 Å². The van der Waals surface area contributed by atoms with Crippen LogP contribution in [0.5, 0.6) is 5.75 Å². The Balaban J connectivity index is 1.75. The normalized spacial score (nSPS) is 21.8. The maximum atomic E-state index is 11.4. The molecule has 96 valence electrons. The van der Waals surface area contributed by atoms with Gasteiger partial charge in [-0.3, -0.25) is 4.79 Å². The van der Waals surface area contributed by atoms with Crippen LogP contribution in [0.15, 0.2) is 24.3 Å². The molecule has 1 N–H and O–H groups in total. The maximum absolute atomic E-state index is 11.4. The molecule has 0 unspecified atom stereocenters. The molecule has 2 saturated carbocycles. The predicted molar refractivity (Wildman–Crippen MR) is 67.9 cm³/mol. The highest BCUT2D eigenvalue weighted by Gasteiger charge is 2.45. The van der Waals surface area contributed by atoms with Crippen molar-refractivity contribution in [2.24, 2.45) is 0 Å². The van der Waals surface area contributed by atoms with Crippen LogP contribution in [0.1, 0.15) is 44.1 Å². The Kier molecular flexibility index (Phi) is 2.77. The van der Waals surface area contributed by atoms with E-state index in [1.54, 1.807) is 0 Å². The van der Waals surface area contributed by atoms with Crippen molar-refractivity contribution in [3.05, 3.63) is 29.8 Å². The first-order valence-corrected chi connectivity index (χ1v) is 6.71. The summed E-state index contributed by atoms with van der Waals surface area (Å²) in [5.41, 5.74) is 0.289. The van der Waals surface area contributed by atoms with Crippen LogP contribution in [0.2, 0.25) is 0 Å². The first-order chi connectivity index (χ1) is 8.71. The number of carboxylic acids is 1. The van der Waals surface area contributed by atoms with Crippen LogP contribution >= 0.6 is 0 Å². The third kappa shape index (κ3) is 1.78. The molecule has 18 heavy (non-hydrogen) atoms. The molecule has 1 aromatic rings. The van der Waals surface area contributed by atoms with Gasteiger partial charge in [0.1, 0.15) is 5.75 Å². The number of rotatable bonds is 4. The fraction of sp³-hybridized carbons (Fsp3) is 0.533. The zero-order chi connectivity index (χ0) is 12.6. The molecule has 1 aromatic carbocycles.